The molecule has 0 amide bonds. The highest BCUT2D eigenvalue weighted by Gasteiger charge is 2.19. The van der Waals surface area contributed by atoms with Crippen molar-refractivity contribution in [3.05, 3.63) is 70.8 Å². The summed E-state index contributed by atoms with van der Waals surface area (Å²) in [6.07, 6.45) is 0. The maximum Gasteiger partial charge on any atom is 0.124 e. The molecule has 4 aromatic rings. The van der Waals surface area contributed by atoms with Crippen LogP contribution in [0.3, 0.4) is 0 Å². The van der Waals surface area contributed by atoms with Crippen LogP contribution in [-0.4, -0.2) is 10.2 Å². The van der Waals surface area contributed by atoms with E-state index in [9.17, 15) is 10.2 Å². The Bertz CT molecular complexity index is 1090. The van der Waals surface area contributed by atoms with Crippen LogP contribution < -0.4 is 0 Å². The number of hydrogen-bond donors (Lipinski definition) is 2. The molecule has 2 N–H and O–H groups in total. The molecule has 0 aliphatic carbocycles. The summed E-state index contributed by atoms with van der Waals surface area (Å²) in [5.74, 6) is 0.389. The number of aryl methyl sites for hydroxylation is 4. The summed E-state index contributed by atoms with van der Waals surface area (Å²) in [7, 11) is 0. The van der Waals surface area contributed by atoms with Crippen LogP contribution in [0.1, 0.15) is 22.3 Å². The van der Waals surface area contributed by atoms with E-state index >= 15 is 0 Å². The van der Waals surface area contributed by atoms with Crippen molar-refractivity contribution < 1.29 is 10.2 Å². The molecule has 0 fully saturated rings. The molecule has 0 heterocycles. The molecular formula is C24H22O2. The van der Waals surface area contributed by atoms with Crippen molar-refractivity contribution in [1.82, 2.24) is 0 Å². The fraction of sp³-hybridized carbons (Fsp3) is 0.167. The van der Waals surface area contributed by atoms with Gasteiger partial charge in [-0.05, 0) is 72.5 Å². The van der Waals surface area contributed by atoms with Crippen LogP contribution in [0.4, 0.5) is 0 Å². The molecule has 0 atom stereocenters. The summed E-state index contributed by atoms with van der Waals surface area (Å²) in [5, 5.41) is 25.7. The van der Waals surface area contributed by atoms with Crippen molar-refractivity contribution in [3.63, 3.8) is 0 Å². The molecule has 130 valence electrons. The molecule has 4 aromatic carbocycles. The van der Waals surface area contributed by atoms with Crippen LogP contribution in [0.25, 0.3) is 32.7 Å². The SMILES string of the molecule is Cc1ccc2c(-c3c(O)cc(C)c4cc(C)ccc34)c(O)cc(C)c2c1. The number of rotatable bonds is 1. The molecular weight excluding hydrogens is 320 g/mol. The standard InChI is InChI=1S/C24H22O2/c1-13-5-7-17-19(9-13)15(3)11-21(25)23(17)24-18-8-6-14(2)10-20(18)16(4)12-22(24)26/h5-12,25-26H,1-4H3. The van der Waals surface area contributed by atoms with E-state index in [1.807, 2.05) is 38.1 Å². The lowest BCUT2D eigenvalue weighted by Gasteiger charge is -2.17. The Kier molecular flexibility index (Phi) is 3.66. The zero-order valence-electron chi connectivity index (χ0n) is 15.5. The second-order valence-electron chi connectivity index (χ2n) is 7.27. The van der Waals surface area contributed by atoms with Crippen LogP contribution in [-0.2, 0) is 0 Å². The zero-order valence-corrected chi connectivity index (χ0v) is 15.5. The van der Waals surface area contributed by atoms with Gasteiger partial charge in [-0.1, -0.05) is 47.5 Å². The van der Waals surface area contributed by atoms with Crippen molar-refractivity contribution in [2.75, 3.05) is 0 Å². The van der Waals surface area contributed by atoms with Crippen molar-refractivity contribution in [1.29, 1.82) is 0 Å². The highest BCUT2D eigenvalue weighted by Crippen LogP contribution is 2.46. The molecule has 26 heavy (non-hydrogen) atoms. The molecule has 0 saturated heterocycles. The molecule has 0 aliphatic heterocycles. The van der Waals surface area contributed by atoms with E-state index in [0.29, 0.717) is 11.1 Å². The summed E-state index contributed by atoms with van der Waals surface area (Å²) < 4.78 is 0. The van der Waals surface area contributed by atoms with Gasteiger partial charge in [0.25, 0.3) is 0 Å². The van der Waals surface area contributed by atoms with E-state index in [1.165, 1.54) is 11.1 Å². The van der Waals surface area contributed by atoms with Gasteiger partial charge >= 0.3 is 0 Å². The number of phenolic OH excluding ortho intramolecular Hbond substituents is 2. The third-order valence-corrected chi connectivity index (χ3v) is 5.21. The molecule has 0 aliphatic rings. The number of phenols is 2. The predicted molar refractivity (Wildman–Crippen MR) is 109 cm³/mol. The van der Waals surface area contributed by atoms with E-state index in [4.69, 9.17) is 0 Å². The Labute approximate surface area is 153 Å². The van der Waals surface area contributed by atoms with Gasteiger partial charge in [0.1, 0.15) is 11.5 Å². The lowest BCUT2D eigenvalue weighted by atomic mass is 9.88. The van der Waals surface area contributed by atoms with E-state index in [2.05, 4.69) is 26.0 Å². The summed E-state index contributed by atoms with van der Waals surface area (Å²) >= 11 is 0. The minimum Gasteiger partial charge on any atom is -0.507 e. The third kappa shape index (κ3) is 2.41. The minimum absolute atomic E-state index is 0.194. The van der Waals surface area contributed by atoms with E-state index < -0.39 is 0 Å². The van der Waals surface area contributed by atoms with Gasteiger partial charge in [-0.15, -0.1) is 0 Å². The van der Waals surface area contributed by atoms with Crippen LogP contribution in [0.2, 0.25) is 0 Å². The Morgan fingerprint density at radius 3 is 1.27 bits per heavy atom. The predicted octanol–water partition coefficient (Wildman–Crippen LogP) is 6.30. The smallest absolute Gasteiger partial charge is 0.124 e. The van der Waals surface area contributed by atoms with Crippen molar-refractivity contribution in [2.24, 2.45) is 0 Å². The van der Waals surface area contributed by atoms with Gasteiger partial charge in [0.2, 0.25) is 0 Å². The van der Waals surface area contributed by atoms with Gasteiger partial charge in [0.05, 0.1) is 0 Å². The lowest BCUT2D eigenvalue weighted by molar-refractivity contribution is 0.470. The molecule has 2 heteroatoms. The maximum absolute atomic E-state index is 10.8. The van der Waals surface area contributed by atoms with Crippen molar-refractivity contribution in [2.45, 2.75) is 27.7 Å². The van der Waals surface area contributed by atoms with Crippen molar-refractivity contribution in [3.8, 4) is 22.6 Å². The largest absolute Gasteiger partial charge is 0.507 e. The second-order valence-corrected chi connectivity index (χ2v) is 7.27. The van der Waals surface area contributed by atoms with E-state index in [1.54, 1.807) is 12.1 Å². The van der Waals surface area contributed by atoms with Gasteiger partial charge in [-0.3, -0.25) is 0 Å². The number of benzene rings is 4. The molecule has 0 radical (unpaired) electrons. The topological polar surface area (TPSA) is 40.5 Å². The molecule has 4 rings (SSSR count). The van der Waals surface area contributed by atoms with Crippen LogP contribution in [0.15, 0.2) is 48.5 Å². The monoisotopic (exact) mass is 342 g/mol. The summed E-state index contributed by atoms with van der Waals surface area (Å²) in [6, 6.07) is 16.0. The fourth-order valence-electron chi connectivity index (χ4n) is 3.92. The molecule has 0 spiro atoms. The average Bonchev–Trinajstić information content (AvgIpc) is 2.58. The zero-order chi connectivity index (χ0) is 18.6. The fourth-order valence-corrected chi connectivity index (χ4v) is 3.92. The van der Waals surface area contributed by atoms with Crippen molar-refractivity contribution >= 4 is 21.5 Å². The number of fused-ring (bicyclic) bond motifs is 2. The van der Waals surface area contributed by atoms with E-state index in [0.717, 1.165) is 32.7 Å². The highest BCUT2D eigenvalue weighted by molar-refractivity contribution is 6.11. The summed E-state index contributed by atoms with van der Waals surface area (Å²) in [5.41, 5.74) is 5.78. The van der Waals surface area contributed by atoms with Gasteiger partial charge < -0.3 is 10.2 Å². The Morgan fingerprint density at radius 1 is 0.500 bits per heavy atom. The summed E-state index contributed by atoms with van der Waals surface area (Å²) in [6.45, 7) is 8.13. The van der Waals surface area contributed by atoms with Gasteiger partial charge in [-0.25, -0.2) is 0 Å². The van der Waals surface area contributed by atoms with Gasteiger partial charge in [0.15, 0.2) is 0 Å². The Hall–Kier alpha value is -3.00. The number of aromatic hydroxyl groups is 2. The highest BCUT2D eigenvalue weighted by atomic mass is 16.3. The molecule has 0 bridgehead atoms. The Balaban J connectivity index is 2.21. The van der Waals surface area contributed by atoms with Crippen LogP contribution in [0, 0.1) is 27.7 Å². The normalized spacial score (nSPS) is 11.4. The molecule has 0 unspecified atom stereocenters. The maximum atomic E-state index is 10.8. The Morgan fingerprint density at radius 2 is 0.885 bits per heavy atom. The first kappa shape index (κ1) is 16.5. The molecule has 2 nitrogen and oxygen atoms in total. The third-order valence-electron chi connectivity index (χ3n) is 5.21. The number of hydrogen-bond acceptors (Lipinski definition) is 2. The first-order valence-corrected chi connectivity index (χ1v) is 8.83. The lowest BCUT2D eigenvalue weighted by Crippen LogP contribution is -1.91. The summed E-state index contributed by atoms with van der Waals surface area (Å²) in [4.78, 5) is 0. The van der Waals surface area contributed by atoms with Crippen LogP contribution >= 0.6 is 0 Å². The molecule has 0 saturated carbocycles. The van der Waals surface area contributed by atoms with Gasteiger partial charge in [0, 0.05) is 11.1 Å². The van der Waals surface area contributed by atoms with Gasteiger partial charge in [-0.2, -0.15) is 0 Å². The first-order chi connectivity index (χ1) is 12.4. The average molecular weight is 342 g/mol. The van der Waals surface area contributed by atoms with Crippen LogP contribution in [0.5, 0.6) is 11.5 Å². The second kappa shape index (κ2) is 5.77. The first-order valence-electron chi connectivity index (χ1n) is 8.83. The van der Waals surface area contributed by atoms with E-state index in [-0.39, 0.29) is 11.5 Å². The molecule has 0 aromatic heterocycles. The minimum atomic E-state index is 0.194. The quantitative estimate of drug-likeness (QED) is 0.426.